The van der Waals surface area contributed by atoms with Crippen LogP contribution < -0.4 is 10.1 Å². The molecule has 2 aromatic heterocycles. The molecule has 0 amide bonds. The Balaban J connectivity index is 1.43. The first-order valence-electron chi connectivity index (χ1n) is 9.29. The monoisotopic (exact) mass is 498 g/mol. The highest BCUT2D eigenvalue weighted by atomic mass is 32.2. The average Bonchev–Trinajstić information content (AvgIpc) is 3.21. The van der Waals surface area contributed by atoms with Crippen LogP contribution in [0.2, 0.25) is 0 Å². The Morgan fingerprint density at radius 1 is 0.912 bits per heavy atom. The molecular weight excluding hydrogens is 486 g/mol. The van der Waals surface area contributed by atoms with E-state index in [0.29, 0.717) is 17.1 Å². The minimum absolute atomic E-state index is 0.0605. The average molecular weight is 498 g/mol. The molecule has 0 saturated heterocycles. The second-order valence-electron chi connectivity index (χ2n) is 6.56. The van der Waals surface area contributed by atoms with Gasteiger partial charge >= 0.3 is 11.7 Å². The van der Waals surface area contributed by atoms with Gasteiger partial charge < -0.3 is 10.1 Å². The highest BCUT2D eigenvalue weighted by Gasteiger charge is 2.31. The highest BCUT2D eigenvalue weighted by Crippen LogP contribution is 2.35. The molecule has 0 bridgehead atoms. The molecule has 0 aliphatic rings. The number of aromatic amines is 1. The van der Waals surface area contributed by atoms with E-state index < -0.39 is 34.2 Å². The van der Waals surface area contributed by atoms with Crippen molar-refractivity contribution in [3.63, 3.8) is 0 Å². The van der Waals surface area contributed by atoms with E-state index in [9.17, 15) is 26.3 Å². The van der Waals surface area contributed by atoms with E-state index in [1.54, 1.807) is 12.1 Å². The summed E-state index contributed by atoms with van der Waals surface area (Å²) in [6.45, 7) is 0. The quantitative estimate of drug-likeness (QED) is 0.180. The molecule has 7 nitrogen and oxygen atoms in total. The molecule has 2 heterocycles. The van der Waals surface area contributed by atoms with Crippen LogP contribution in [0.25, 0.3) is 11.4 Å². The predicted octanol–water partition coefficient (Wildman–Crippen LogP) is 6.43. The molecule has 0 unspecified atom stereocenters. The molecule has 2 aromatic carbocycles. The van der Waals surface area contributed by atoms with Crippen LogP contribution >= 0.6 is 11.8 Å². The lowest BCUT2D eigenvalue weighted by Crippen LogP contribution is -2.05. The number of nitrogens with one attached hydrogen (secondary N) is 2. The zero-order chi connectivity index (χ0) is 24.3. The Bertz CT molecular complexity index is 1280. The van der Waals surface area contributed by atoms with E-state index in [4.69, 9.17) is 4.74 Å². The van der Waals surface area contributed by atoms with E-state index in [-0.39, 0.29) is 17.5 Å². The smallest absolute Gasteiger partial charge is 0.439 e. The van der Waals surface area contributed by atoms with Gasteiger partial charge in [-0.05, 0) is 42.5 Å². The number of H-pyrrole nitrogens is 1. The molecule has 34 heavy (non-hydrogen) atoms. The van der Waals surface area contributed by atoms with E-state index in [2.05, 4.69) is 30.5 Å². The second-order valence-corrected chi connectivity index (χ2v) is 7.60. The number of hydrogen-bond acceptors (Lipinski definition) is 7. The number of ether oxygens (including phenoxy) is 1. The Morgan fingerprint density at radius 2 is 1.68 bits per heavy atom. The van der Waals surface area contributed by atoms with Gasteiger partial charge in [0.1, 0.15) is 5.75 Å². The number of thioether (sulfide) groups is 1. The molecule has 4 aromatic rings. The standard InChI is InChI=1S/C20H12F6N6OS/c21-19(22,23)12-2-1-3-13(10-12)28-17-30-16(31-32-17)11-4-6-14(7-5-11)33-15-8-9-27-18(29-15)34-20(24,25)26/h1-10H,(H2,28,30,31,32). The van der Waals surface area contributed by atoms with Gasteiger partial charge in [-0.15, -0.1) is 5.10 Å². The normalized spacial score (nSPS) is 11.9. The molecular formula is C20H12F6N6OS. The molecule has 176 valence electrons. The van der Waals surface area contributed by atoms with Crippen molar-refractivity contribution in [2.75, 3.05) is 5.32 Å². The first-order valence-corrected chi connectivity index (χ1v) is 10.1. The Hall–Kier alpha value is -3.81. The Morgan fingerprint density at radius 3 is 2.38 bits per heavy atom. The van der Waals surface area contributed by atoms with E-state index in [1.807, 2.05) is 0 Å². The van der Waals surface area contributed by atoms with Gasteiger partial charge in [0.25, 0.3) is 0 Å². The molecule has 0 saturated carbocycles. The number of nitrogens with zero attached hydrogens (tertiary/aromatic N) is 4. The van der Waals surface area contributed by atoms with Crippen LogP contribution in [-0.4, -0.2) is 30.7 Å². The zero-order valence-corrected chi connectivity index (χ0v) is 17.5. The minimum Gasteiger partial charge on any atom is -0.439 e. The van der Waals surface area contributed by atoms with Gasteiger partial charge in [-0.3, -0.25) is 5.10 Å². The van der Waals surface area contributed by atoms with Crippen molar-refractivity contribution < 1.29 is 31.1 Å². The van der Waals surface area contributed by atoms with Gasteiger partial charge in [-0.1, -0.05) is 6.07 Å². The summed E-state index contributed by atoms with van der Waals surface area (Å²) in [6, 6.07) is 12.2. The predicted molar refractivity (Wildman–Crippen MR) is 111 cm³/mol. The maximum atomic E-state index is 12.9. The van der Waals surface area contributed by atoms with Crippen molar-refractivity contribution in [2.24, 2.45) is 0 Å². The third-order valence-electron chi connectivity index (χ3n) is 4.10. The van der Waals surface area contributed by atoms with E-state index in [0.717, 1.165) is 18.3 Å². The van der Waals surface area contributed by atoms with E-state index in [1.165, 1.54) is 30.3 Å². The number of rotatable bonds is 6. The SMILES string of the molecule is FC(F)(F)Sc1nccc(Oc2ccc(-c3nc(Nc4cccc(C(F)(F)F)c4)n[nH]3)cc2)n1. The maximum Gasteiger partial charge on any atom is 0.449 e. The third-order valence-corrected chi connectivity index (χ3v) is 4.71. The molecule has 4 rings (SSSR count). The summed E-state index contributed by atoms with van der Waals surface area (Å²) in [4.78, 5) is 11.4. The molecule has 14 heteroatoms. The van der Waals surface area contributed by atoms with Crippen molar-refractivity contribution >= 4 is 23.4 Å². The van der Waals surface area contributed by atoms with Crippen molar-refractivity contribution in [3.05, 3.63) is 66.4 Å². The van der Waals surface area contributed by atoms with E-state index >= 15 is 0 Å². The van der Waals surface area contributed by atoms with Crippen LogP contribution in [0.4, 0.5) is 38.0 Å². The molecule has 0 radical (unpaired) electrons. The lowest BCUT2D eigenvalue weighted by Gasteiger charge is -2.08. The molecule has 2 N–H and O–H groups in total. The summed E-state index contributed by atoms with van der Waals surface area (Å²) in [5, 5.41) is 8.81. The van der Waals surface area contributed by atoms with Crippen LogP contribution in [0.3, 0.4) is 0 Å². The summed E-state index contributed by atoms with van der Waals surface area (Å²) in [5.41, 5.74) is -4.59. The van der Waals surface area contributed by atoms with Gasteiger partial charge in [-0.2, -0.15) is 36.3 Å². The largest absolute Gasteiger partial charge is 0.449 e. The van der Waals surface area contributed by atoms with Gasteiger partial charge in [-0.25, -0.2) is 4.98 Å². The fraction of sp³-hybridized carbons (Fsp3) is 0.100. The number of hydrogen-bond donors (Lipinski definition) is 2. The fourth-order valence-corrected chi connectivity index (χ4v) is 3.14. The molecule has 0 atom stereocenters. The first-order chi connectivity index (χ1) is 16.0. The summed E-state index contributed by atoms with van der Waals surface area (Å²) >= 11 is -0.453. The second kappa shape index (κ2) is 9.21. The van der Waals surface area contributed by atoms with Crippen molar-refractivity contribution in [1.82, 2.24) is 25.1 Å². The van der Waals surface area contributed by atoms with Gasteiger partial charge in [0.2, 0.25) is 11.8 Å². The minimum atomic E-state index is -4.52. The molecule has 0 aliphatic heterocycles. The van der Waals surface area contributed by atoms with Crippen LogP contribution in [0.15, 0.2) is 66.0 Å². The lowest BCUT2D eigenvalue weighted by molar-refractivity contribution is -0.137. The van der Waals surface area contributed by atoms with Crippen molar-refractivity contribution in [2.45, 2.75) is 16.8 Å². The number of halogens is 6. The molecule has 0 fully saturated rings. The van der Waals surface area contributed by atoms with Crippen LogP contribution in [-0.2, 0) is 6.18 Å². The number of anilines is 2. The third kappa shape index (κ3) is 6.15. The molecule has 0 spiro atoms. The summed E-state index contributed by atoms with van der Waals surface area (Å²) in [6.07, 6.45) is -3.32. The zero-order valence-electron chi connectivity index (χ0n) is 16.6. The van der Waals surface area contributed by atoms with Gasteiger partial charge in [0.15, 0.2) is 11.0 Å². The number of benzene rings is 2. The molecule has 0 aliphatic carbocycles. The summed E-state index contributed by atoms with van der Waals surface area (Å²) in [5.74, 6) is 0.617. The van der Waals surface area contributed by atoms with Crippen LogP contribution in [0.1, 0.15) is 5.56 Å². The van der Waals surface area contributed by atoms with Gasteiger partial charge in [0.05, 0.1) is 5.56 Å². The summed E-state index contributed by atoms with van der Waals surface area (Å²) < 4.78 is 81.5. The number of alkyl halides is 6. The topological polar surface area (TPSA) is 88.6 Å². The Labute approximate surface area is 191 Å². The number of aromatic nitrogens is 5. The lowest BCUT2D eigenvalue weighted by atomic mass is 10.2. The van der Waals surface area contributed by atoms with Crippen LogP contribution in [0.5, 0.6) is 11.6 Å². The van der Waals surface area contributed by atoms with Crippen LogP contribution in [0, 0.1) is 0 Å². The maximum absolute atomic E-state index is 12.9. The van der Waals surface area contributed by atoms with Crippen molar-refractivity contribution in [1.29, 1.82) is 0 Å². The summed E-state index contributed by atoms with van der Waals surface area (Å²) in [7, 11) is 0. The van der Waals surface area contributed by atoms with Gasteiger partial charge in [0, 0.05) is 35.3 Å². The first kappa shape index (κ1) is 23.4. The fourth-order valence-electron chi connectivity index (χ4n) is 2.69. The highest BCUT2D eigenvalue weighted by molar-refractivity contribution is 8.00. The van der Waals surface area contributed by atoms with Crippen molar-refractivity contribution in [3.8, 4) is 23.0 Å². The Kier molecular flexibility index (Phi) is 6.32.